The molecule has 0 aromatic heterocycles. The third-order valence-electron chi connectivity index (χ3n) is 4.48. The fourth-order valence-corrected chi connectivity index (χ4v) is 4.94. The van der Waals surface area contributed by atoms with Crippen LogP contribution in [0.4, 0.5) is 0 Å². The van der Waals surface area contributed by atoms with Gasteiger partial charge in [0.2, 0.25) is 0 Å². The van der Waals surface area contributed by atoms with Gasteiger partial charge in [0.15, 0.2) is 9.84 Å². The molecule has 0 amide bonds. The molecule has 1 aliphatic rings. The molecule has 1 aromatic carbocycles. The molecule has 1 aliphatic heterocycles. The van der Waals surface area contributed by atoms with Crippen molar-refractivity contribution in [3.63, 3.8) is 0 Å². The summed E-state index contributed by atoms with van der Waals surface area (Å²) < 4.78 is 31.8. The molecule has 2 rings (SSSR count). The van der Waals surface area contributed by atoms with Crippen LogP contribution in [0, 0.1) is 11.8 Å². The molecule has 0 saturated carbocycles. The van der Waals surface area contributed by atoms with E-state index in [2.05, 4.69) is 28.7 Å². The fraction of sp³-hybridized carbons (Fsp3) is 0.579. The number of sulfone groups is 1. The first-order chi connectivity index (χ1) is 12.0. The number of likely N-dealkylation sites (N-methyl/N-ethyl adjacent to an activating group) is 1. The van der Waals surface area contributed by atoms with E-state index in [1.165, 1.54) is 0 Å². The van der Waals surface area contributed by atoms with E-state index in [4.69, 9.17) is 4.74 Å². The summed E-state index contributed by atoms with van der Waals surface area (Å²) in [6, 6.07) is 6.69. The normalized spacial score (nSPS) is 17.6. The van der Waals surface area contributed by atoms with Gasteiger partial charge in [-0.2, -0.15) is 0 Å². The smallest absolute Gasteiger partial charge is 0.194 e. The van der Waals surface area contributed by atoms with Crippen LogP contribution in [-0.2, 0) is 9.84 Å². The number of ether oxygens (including phenoxy) is 1. The molecule has 25 heavy (non-hydrogen) atoms. The first-order valence-electron chi connectivity index (χ1n) is 8.78. The van der Waals surface area contributed by atoms with Gasteiger partial charge < -0.3 is 9.64 Å². The van der Waals surface area contributed by atoms with Gasteiger partial charge >= 0.3 is 0 Å². The lowest BCUT2D eigenvalue weighted by Gasteiger charge is -2.37. The summed E-state index contributed by atoms with van der Waals surface area (Å²) in [5.41, 5.74) is 0. The summed E-state index contributed by atoms with van der Waals surface area (Å²) >= 11 is 0. The highest BCUT2D eigenvalue weighted by Gasteiger charge is 2.33. The van der Waals surface area contributed by atoms with Crippen molar-refractivity contribution < 1.29 is 13.2 Å². The van der Waals surface area contributed by atoms with Gasteiger partial charge in [-0.1, -0.05) is 19.3 Å². The maximum Gasteiger partial charge on any atom is 0.194 e. The summed E-state index contributed by atoms with van der Waals surface area (Å²) in [5.74, 6) is 6.22. The van der Waals surface area contributed by atoms with Gasteiger partial charge in [-0.05, 0) is 44.7 Å². The Balaban J connectivity index is 2.16. The number of piperazine rings is 1. The summed E-state index contributed by atoms with van der Waals surface area (Å²) in [6.07, 6.45) is 1.49. The topological polar surface area (TPSA) is 49.9 Å². The highest BCUT2D eigenvalue weighted by Crippen LogP contribution is 2.25. The number of benzene rings is 1. The average Bonchev–Trinajstić information content (AvgIpc) is 2.61. The molecule has 0 bridgehead atoms. The Morgan fingerprint density at radius 3 is 2.36 bits per heavy atom. The highest BCUT2D eigenvalue weighted by atomic mass is 32.2. The van der Waals surface area contributed by atoms with Gasteiger partial charge in [-0.3, -0.25) is 4.90 Å². The van der Waals surface area contributed by atoms with Crippen molar-refractivity contribution >= 4 is 9.84 Å². The lowest BCUT2D eigenvalue weighted by molar-refractivity contribution is 0.136. The van der Waals surface area contributed by atoms with E-state index in [9.17, 15) is 8.42 Å². The summed E-state index contributed by atoms with van der Waals surface area (Å²) in [4.78, 5) is 4.70. The standard InChI is InChI=1S/C19H28N2O3S/c1-4-6-16-24-17-8-10-18(11-9-17)25(22,23)19(7-5-2)21-14-12-20(3)13-15-21/h8-11,19H,5,7,12-16H2,1-3H3. The Hall–Kier alpha value is -1.55. The second kappa shape index (κ2) is 9.23. The van der Waals surface area contributed by atoms with Crippen LogP contribution in [0.25, 0.3) is 0 Å². The zero-order valence-corrected chi connectivity index (χ0v) is 16.2. The summed E-state index contributed by atoms with van der Waals surface area (Å²) in [6.45, 7) is 7.48. The molecule has 1 saturated heterocycles. The minimum Gasteiger partial charge on any atom is -0.481 e. The zero-order valence-electron chi connectivity index (χ0n) is 15.4. The Bertz CT molecular complexity index is 696. The summed E-state index contributed by atoms with van der Waals surface area (Å²) in [7, 11) is -1.33. The van der Waals surface area contributed by atoms with E-state index < -0.39 is 15.2 Å². The van der Waals surface area contributed by atoms with Crippen LogP contribution in [0.2, 0.25) is 0 Å². The van der Waals surface area contributed by atoms with Crippen molar-refractivity contribution in [2.24, 2.45) is 0 Å². The molecule has 0 aliphatic carbocycles. The largest absolute Gasteiger partial charge is 0.481 e. The summed E-state index contributed by atoms with van der Waals surface area (Å²) in [5, 5.41) is -0.455. The molecule has 1 aromatic rings. The van der Waals surface area contributed by atoms with Gasteiger partial charge in [0.1, 0.15) is 17.7 Å². The third-order valence-corrected chi connectivity index (χ3v) is 6.66. The van der Waals surface area contributed by atoms with E-state index in [1.807, 2.05) is 6.92 Å². The second-order valence-corrected chi connectivity index (χ2v) is 8.42. The average molecular weight is 365 g/mol. The molecule has 0 spiro atoms. The number of hydrogen-bond acceptors (Lipinski definition) is 5. The molecule has 1 atom stereocenters. The molecule has 5 nitrogen and oxygen atoms in total. The van der Waals surface area contributed by atoms with E-state index in [-0.39, 0.29) is 0 Å². The van der Waals surface area contributed by atoms with Gasteiger partial charge in [-0.15, -0.1) is 5.92 Å². The van der Waals surface area contributed by atoms with Crippen LogP contribution in [0.3, 0.4) is 0 Å². The van der Waals surface area contributed by atoms with Crippen LogP contribution in [0.15, 0.2) is 29.2 Å². The van der Waals surface area contributed by atoms with Crippen molar-refractivity contribution in [1.82, 2.24) is 9.80 Å². The molecular formula is C19H28N2O3S. The van der Waals surface area contributed by atoms with Crippen molar-refractivity contribution in [2.75, 3.05) is 39.8 Å². The highest BCUT2D eigenvalue weighted by molar-refractivity contribution is 7.92. The van der Waals surface area contributed by atoms with Crippen LogP contribution in [0.1, 0.15) is 26.7 Å². The first kappa shape index (κ1) is 19.8. The quantitative estimate of drug-likeness (QED) is 0.695. The predicted octanol–water partition coefficient (Wildman–Crippen LogP) is 2.24. The van der Waals surface area contributed by atoms with Crippen molar-refractivity contribution in [3.05, 3.63) is 24.3 Å². The zero-order chi connectivity index (χ0) is 18.3. The second-order valence-electron chi connectivity index (χ2n) is 6.31. The Labute approximate surface area is 151 Å². The van der Waals surface area contributed by atoms with Crippen LogP contribution in [0.5, 0.6) is 5.75 Å². The van der Waals surface area contributed by atoms with Crippen LogP contribution in [-0.4, -0.2) is 63.4 Å². The number of rotatable bonds is 7. The van der Waals surface area contributed by atoms with Crippen LogP contribution >= 0.6 is 0 Å². The molecule has 1 heterocycles. The van der Waals surface area contributed by atoms with Gasteiger partial charge in [0, 0.05) is 26.2 Å². The van der Waals surface area contributed by atoms with Crippen LogP contribution < -0.4 is 4.74 Å². The minimum absolute atomic E-state index is 0.308. The molecule has 0 radical (unpaired) electrons. The predicted molar refractivity (Wildman–Crippen MR) is 100 cm³/mol. The van der Waals surface area contributed by atoms with Gasteiger partial charge in [-0.25, -0.2) is 8.42 Å². The Morgan fingerprint density at radius 1 is 1.16 bits per heavy atom. The number of hydrogen-bond donors (Lipinski definition) is 0. The maximum absolute atomic E-state index is 13.2. The van der Waals surface area contributed by atoms with Crippen molar-refractivity contribution in [1.29, 1.82) is 0 Å². The molecule has 1 unspecified atom stereocenters. The van der Waals surface area contributed by atoms with Gasteiger partial charge in [0.25, 0.3) is 0 Å². The molecule has 138 valence electrons. The lowest BCUT2D eigenvalue weighted by atomic mass is 10.2. The SMILES string of the molecule is CC#CCOc1ccc(S(=O)(=O)C(CCC)N2CCN(C)CC2)cc1. The minimum atomic E-state index is -3.40. The van der Waals surface area contributed by atoms with Crippen molar-refractivity contribution in [2.45, 2.75) is 37.0 Å². The number of nitrogens with zero attached hydrogens (tertiary/aromatic N) is 2. The maximum atomic E-state index is 13.2. The molecule has 1 fully saturated rings. The molecule has 6 heteroatoms. The Kier molecular flexibility index (Phi) is 7.30. The Morgan fingerprint density at radius 2 is 1.80 bits per heavy atom. The first-order valence-corrected chi connectivity index (χ1v) is 10.3. The van der Waals surface area contributed by atoms with Gasteiger partial charge in [0.05, 0.1) is 4.90 Å². The lowest BCUT2D eigenvalue weighted by Crippen LogP contribution is -2.51. The van der Waals surface area contributed by atoms with Crippen molar-refractivity contribution in [3.8, 4) is 17.6 Å². The van der Waals surface area contributed by atoms with E-state index >= 15 is 0 Å². The monoisotopic (exact) mass is 364 g/mol. The third kappa shape index (κ3) is 5.21. The van der Waals surface area contributed by atoms with E-state index in [1.54, 1.807) is 31.2 Å². The van der Waals surface area contributed by atoms with E-state index in [0.717, 1.165) is 32.6 Å². The van der Waals surface area contributed by atoms with E-state index in [0.29, 0.717) is 23.7 Å². The fourth-order valence-electron chi connectivity index (χ4n) is 2.97. The molecule has 0 N–H and O–H groups in total. The molecular weight excluding hydrogens is 336 g/mol.